The normalized spacial score (nSPS) is 17.6. The Labute approximate surface area is 93.3 Å². The second-order valence-corrected chi connectivity index (χ2v) is 3.99. The lowest BCUT2D eigenvalue weighted by atomic mass is 9.94. The van der Waals surface area contributed by atoms with Gasteiger partial charge in [0.1, 0.15) is 0 Å². The van der Waals surface area contributed by atoms with Crippen LogP contribution in [0.3, 0.4) is 0 Å². The summed E-state index contributed by atoms with van der Waals surface area (Å²) in [4.78, 5) is 0. The van der Waals surface area contributed by atoms with Gasteiger partial charge in [0.05, 0.1) is 6.07 Å². The van der Waals surface area contributed by atoms with E-state index in [1.54, 1.807) is 6.92 Å². The van der Waals surface area contributed by atoms with Crippen LogP contribution in [0.2, 0.25) is 0 Å². The first-order valence-corrected chi connectivity index (χ1v) is 5.11. The SMILES string of the molecule is CCC(C)(CCO)NCC(C#N)C(F)(F)F. The third-order valence-corrected chi connectivity index (χ3v) is 2.73. The van der Waals surface area contributed by atoms with Gasteiger partial charge in [-0.2, -0.15) is 18.4 Å². The van der Waals surface area contributed by atoms with Crippen molar-refractivity contribution in [2.45, 2.75) is 38.4 Å². The molecule has 0 heterocycles. The van der Waals surface area contributed by atoms with E-state index >= 15 is 0 Å². The number of hydrogen-bond donors (Lipinski definition) is 2. The van der Waals surface area contributed by atoms with Gasteiger partial charge in [0.15, 0.2) is 5.92 Å². The molecule has 0 fully saturated rings. The number of alkyl halides is 3. The lowest BCUT2D eigenvalue weighted by Crippen LogP contribution is -2.46. The van der Waals surface area contributed by atoms with Crippen LogP contribution in [0.5, 0.6) is 0 Å². The Kier molecular flexibility index (Phi) is 5.76. The fraction of sp³-hybridized carbons (Fsp3) is 0.900. The molecule has 0 saturated carbocycles. The molecular weight excluding hydrogens is 221 g/mol. The molecule has 0 saturated heterocycles. The van der Waals surface area contributed by atoms with Crippen molar-refractivity contribution in [3.63, 3.8) is 0 Å². The molecule has 0 aromatic carbocycles. The molecule has 0 radical (unpaired) electrons. The van der Waals surface area contributed by atoms with Gasteiger partial charge in [0.2, 0.25) is 0 Å². The lowest BCUT2D eigenvalue weighted by molar-refractivity contribution is -0.158. The Bertz CT molecular complexity index is 249. The highest BCUT2D eigenvalue weighted by Gasteiger charge is 2.40. The summed E-state index contributed by atoms with van der Waals surface area (Å²) < 4.78 is 36.8. The maximum Gasteiger partial charge on any atom is 0.405 e. The molecule has 0 aromatic heterocycles. The molecule has 3 nitrogen and oxygen atoms in total. The predicted molar refractivity (Wildman–Crippen MR) is 53.6 cm³/mol. The molecule has 0 rings (SSSR count). The minimum atomic E-state index is -4.50. The smallest absolute Gasteiger partial charge is 0.396 e. The first-order valence-electron chi connectivity index (χ1n) is 5.11. The summed E-state index contributed by atoms with van der Waals surface area (Å²) >= 11 is 0. The van der Waals surface area contributed by atoms with Crippen molar-refractivity contribution in [1.82, 2.24) is 5.32 Å². The van der Waals surface area contributed by atoms with E-state index in [2.05, 4.69) is 5.32 Å². The summed E-state index contributed by atoms with van der Waals surface area (Å²) in [5.41, 5.74) is -0.560. The quantitative estimate of drug-likeness (QED) is 0.742. The largest absolute Gasteiger partial charge is 0.405 e. The Hall–Kier alpha value is -0.800. The first-order chi connectivity index (χ1) is 7.29. The fourth-order valence-electron chi connectivity index (χ4n) is 1.22. The van der Waals surface area contributed by atoms with Crippen LogP contribution >= 0.6 is 0 Å². The summed E-state index contributed by atoms with van der Waals surface area (Å²) in [6.07, 6.45) is -3.56. The van der Waals surface area contributed by atoms with E-state index in [0.29, 0.717) is 12.8 Å². The standard InChI is InChI=1S/C10H17F3N2O/c1-3-9(2,4-5-16)15-7-8(6-14)10(11,12)13/h8,15-16H,3-5,7H2,1-2H3. The monoisotopic (exact) mass is 238 g/mol. The van der Waals surface area contributed by atoms with Gasteiger partial charge in [0.25, 0.3) is 0 Å². The summed E-state index contributed by atoms with van der Waals surface area (Å²) in [6, 6.07) is 1.23. The van der Waals surface area contributed by atoms with E-state index in [-0.39, 0.29) is 6.61 Å². The van der Waals surface area contributed by atoms with Crippen LogP contribution in [0, 0.1) is 17.2 Å². The molecule has 2 atom stereocenters. The average molecular weight is 238 g/mol. The van der Waals surface area contributed by atoms with Crippen molar-refractivity contribution in [3.05, 3.63) is 0 Å². The number of aliphatic hydroxyl groups is 1. The zero-order chi connectivity index (χ0) is 12.8. The van der Waals surface area contributed by atoms with E-state index in [1.165, 1.54) is 6.07 Å². The number of hydrogen-bond acceptors (Lipinski definition) is 3. The Morgan fingerprint density at radius 1 is 1.44 bits per heavy atom. The van der Waals surface area contributed by atoms with Gasteiger partial charge < -0.3 is 10.4 Å². The van der Waals surface area contributed by atoms with Gasteiger partial charge in [-0.3, -0.25) is 0 Å². The molecule has 94 valence electrons. The maximum absolute atomic E-state index is 12.3. The van der Waals surface area contributed by atoms with Crippen LogP contribution in [-0.4, -0.2) is 30.0 Å². The number of rotatable bonds is 6. The van der Waals surface area contributed by atoms with Gasteiger partial charge in [-0.15, -0.1) is 0 Å². The van der Waals surface area contributed by atoms with E-state index in [1.807, 2.05) is 6.92 Å². The van der Waals surface area contributed by atoms with Crippen molar-refractivity contribution in [2.24, 2.45) is 5.92 Å². The topological polar surface area (TPSA) is 56.0 Å². The van der Waals surface area contributed by atoms with E-state index < -0.39 is 24.2 Å². The van der Waals surface area contributed by atoms with Crippen LogP contribution < -0.4 is 5.32 Å². The van der Waals surface area contributed by atoms with Crippen LogP contribution in [-0.2, 0) is 0 Å². The predicted octanol–water partition coefficient (Wildman–Crippen LogP) is 1.83. The molecule has 0 amide bonds. The zero-order valence-corrected chi connectivity index (χ0v) is 9.43. The summed E-state index contributed by atoms with van der Waals surface area (Å²) in [5, 5.41) is 19.9. The molecule has 0 aliphatic rings. The molecular formula is C10H17F3N2O. The number of nitrogens with one attached hydrogen (secondary N) is 1. The molecule has 16 heavy (non-hydrogen) atoms. The highest BCUT2D eigenvalue weighted by molar-refractivity contribution is 4.93. The Balaban J connectivity index is 4.36. The fourth-order valence-corrected chi connectivity index (χ4v) is 1.22. The van der Waals surface area contributed by atoms with E-state index in [4.69, 9.17) is 10.4 Å². The molecule has 2 N–H and O–H groups in total. The van der Waals surface area contributed by atoms with Crippen molar-refractivity contribution in [3.8, 4) is 6.07 Å². The van der Waals surface area contributed by atoms with E-state index in [9.17, 15) is 13.2 Å². The summed E-state index contributed by atoms with van der Waals surface area (Å²) in [7, 11) is 0. The number of nitriles is 1. The lowest BCUT2D eigenvalue weighted by Gasteiger charge is -2.30. The van der Waals surface area contributed by atoms with Crippen molar-refractivity contribution >= 4 is 0 Å². The second-order valence-electron chi connectivity index (χ2n) is 3.99. The molecule has 0 aromatic rings. The third kappa shape index (κ3) is 4.81. The van der Waals surface area contributed by atoms with Crippen molar-refractivity contribution in [2.75, 3.05) is 13.2 Å². The molecule has 6 heteroatoms. The van der Waals surface area contributed by atoms with Gasteiger partial charge in [0, 0.05) is 18.7 Å². The molecule has 2 unspecified atom stereocenters. The van der Waals surface area contributed by atoms with Crippen molar-refractivity contribution < 1.29 is 18.3 Å². The molecule has 0 bridgehead atoms. The highest BCUT2D eigenvalue weighted by Crippen LogP contribution is 2.26. The first kappa shape index (κ1) is 15.2. The number of halogens is 3. The van der Waals surface area contributed by atoms with Crippen LogP contribution in [0.4, 0.5) is 13.2 Å². The average Bonchev–Trinajstić information content (AvgIpc) is 2.17. The Morgan fingerprint density at radius 2 is 2.00 bits per heavy atom. The molecule has 0 aliphatic heterocycles. The minimum Gasteiger partial charge on any atom is -0.396 e. The highest BCUT2D eigenvalue weighted by atomic mass is 19.4. The van der Waals surface area contributed by atoms with Crippen molar-refractivity contribution in [1.29, 1.82) is 5.26 Å². The molecule has 0 spiro atoms. The maximum atomic E-state index is 12.3. The Morgan fingerprint density at radius 3 is 2.31 bits per heavy atom. The van der Waals surface area contributed by atoms with Gasteiger partial charge in [-0.1, -0.05) is 6.92 Å². The van der Waals surface area contributed by atoms with Gasteiger partial charge in [-0.25, -0.2) is 0 Å². The van der Waals surface area contributed by atoms with Crippen LogP contribution in [0.25, 0.3) is 0 Å². The summed E-state index contributed by atoms with van der Waals surface area (Å²) in [5.74, 6) is -2.00. The van der Waals surface area contributed by atoms with Gasteiger partial charge in [-0.05, 0) is 19.8 Å². The van der Waals surface area contributed by atoms with Crippen LogP contribution in [0.1, 0.15) is 26.7 Å². The third-order valence-electron chi connectivity index (χ3n) is 2.73. The van der Waals surface area contributed by atoms with E-state index in [0.717, 1.165) is 0 Å². The van der Waals surface area contributed by atoms with Gasteiger partial charge >= 0.3 is 6.18 Å². The van der Waals surface area contributed by atoms with Crippen LogP contribution in [0.15, 0.2) is 0 Å². The zero-order valence-electron chi connectivity index (χ0n) is 9.43. The number of aliphatic hydroxyl groups excluding tert-OH is 1. The minimum absolute atomic E-state index is 0.0966. The molecule has 0 aliphatic carbocycles. The second kappa shape index (κ2) is 6.06. The summed E-state index contributed by atoms with van der Waals surface area (Å²) in [6.45, 7) is 3.01. The number of nitrogens with zero attached hydrogens (tertiary/aromatic N) is 1.